The Balaban J connectivity index is 2.02. The van der Waals surface area contributed by atoms with Crippen molar-refractivity contribution in [1.82, 2.24) is 4.98 Å². The number of cyclic esters (lactones) is 1. The first-order valence-corrected chi connectivity index (χ1v) is 8.45. The van der Waals surface area contributed by atoms with Crippen molar-refractivity contribution < 1.29 is 9.53 Å². The minimum atomic E-state index is -0.344. The van der Waals surface area contributed by atoms with Crippen molar-refractivity contribution in [3.63, 3.8) is 0 Å². The van der Waals surface area contributed by atoms with Gasteiger partial charge in [-0.2, -0.15) is 5.26 Å². The number of hydrogen-bond donors (Lipinski definition) is 0. The zero-order chi connectivity index (χ0) is 16.4. The van der Waals surface area contributed by atoms with Crippen LogP contribution in [0, 0.1) is 11.3 Å². The second-order valence-corrected chi connectivity index (χ2v) is 6.33. The lowest BCUT2D eigenvalue weighted by Crippen LogP contribution is -2.46. The fraction of sp³-hybridized carbons (Fsp3) is 0.353. The van der Waals surface area contributed by atoms with E-state index in [-0.39, 0.29) is 11.6 Å². The van der Waals surface area contributed by atoms with Gasteiger partial charge in [0.05, 0.1) is 22.9 Å². The van der Waals surface area contributed by atoms with E-state index in [9.17, 15) is 10.1 Å². The highest BCUT2D eigenvalue weighted by atomic mass is 32.1. The maximum absolute atomic E-state index is 12.2. The molecule has 1 saturated heterocycles. The normalized spacial score (nSPS) is 16.2. The summed E-state index contributed by atoms with van der Waals surface area (Å²) in [6.07, 6.45) is 1.26. The molecule has 0 saturated carbocycles. The van der Waals surface area contributed by atoms with Gasteiger partial charge in [-0.05, 0) is 18.9 Å². The second kappa shape index (κ2) is 6.01. The topological polar surface area (TPSA) is 66.2 Å². The largest absolute Gasteiger partial charge is 0.447 e. The highest BCUT2D eigenvalue weighted by Gasteiger charge is 2.47. The third kappa shape index (κ3) is 2.47. The Morgan fingerprint density at radius 1 is 1.39 bits per heavy atom. The predicted molar refractivity (Wildman–Crippen MR) is 89.4 cm³/mol. The van der Waals surface area contributed by atoms with Gasteiger partial charge in [0.2, 0.25) is 0 Å². The third-order valence-corrected chi connectivity index (χ3v) is 5.27. The van der Waals surface area contributed by atoms with Crippen molar-refractivity contribution in [2.45, 2.75) is 32.2 Å². The van der Waals surface area contributed by atoms with Crippen LogP contribution in [-0.4, -0.2) is 23.2 Å². The Labute approximate surface area is 139 Å². The molecule has 0 spiro atoms. The first kappa shape index (κ1) is 15.5. The average molecular weight is 327 g/mol. The van der Waals surface area contributed by atoms with Gasteiger partial charge in [-0.3, -0.25) is 0 Å². The molecular weight excluding hydrogens is 310 g/mol. The maximum atomic E-state index is 12.2. The summed E-state index contributed by atoms with van der Waals surface area (Å²) in [7, 11) is 0. The van der Waals surface area contributed by atoms with E-state index in [4.69, 9.17) is 4.74 Å². The molecule has 0 radical (unpaired) electrons. The zero-order valence-corrected chi connectivity index (χ0v) is 13.9. The van der Waals surface area contributed by atoms with Gasteiger partial charge in [-0.1, -0.05) is 32.0 Å². The number of carbonyl (C=O) groups excluding carboxylic acids is 1. The molecule has 118 valence electrons. The maximum Gasteiger partial charge on any atom is 0.416 e. The van der Waals surface area contributed by atoms with E-state index < -0.39 is 0 Å². The number of benzene rings is 1. The summed E-state index contributed by atoms with van der Waals surface area (Å²) in [6.45, 7) is 4.50. The standard InChI is InChI=1S/C17H17N3O2S/c1-3-17(4-2)11-22-16(21)20(17)15-19-14(10-23-15)13-8-6-5-7-12(13)9-18/h5-8,10H,3-4,11H2,1-2H3. The Bertz CT molecular complexity index is 774. The molecule has 0 atom stereocenters. The molecule has 0 aliphatic carbocycles. The van der Waals surface area contributed by atoms with Crippen LogP contribution in [0.2, 0.25) is 0 Å². The van der Waals surface area contributed by atoms with E-state index in [1.165, 1.54) is 11.3 Å². The van der Waals surface area contributed by atoms with Crippen LogP contribution in [0.1, 0.15) is 32.3 Å². The molecule has 5 nitrogen and oxygen atoms in total. The summed E-state index contributed by atoms with van der Waals surface area (Å²) in [6, 6.07) is 9.51. The van der Waals surface area contributed by atoms with E-state index >= 15 is 0 Å². The molecule has 0 bridgehead atoms. The number of rotatable bonds is 4. The SMILES string of the molecule is CCC1(CC)COC(=O)N1c1nc(-c2ccccc2C#N)cs1. The third-order valence-electron chi connectivity index (χ3n) is 4.44. The number of hydrogen-bond acceptors (Lipinski definition) is 5. The zero-order valence-electron chi connectivity index (χ0n) is 13.1. The van der Waals surface area contributed by atoms with Crippen molar-refractivity contribution in [1.29, 1.82) is 5.26 Å². The van der Waals surface area contributed by atoms with Crippen LogP contribution < -0.4 is 4.90 Å². The molecule has 1 amide bonds. The van der Waals surface area contributed by atoms with Crippen LogP contribution in [0.5, 0.6) is 0 Å². The van der Waals surface area contributed by atoms with Gasteiger partial charge in [0, 0.05) is 10.9 Å². The molecule has 2 heterocycles. The quantitative estimate of drug-likeness (QED) is 0.844. The predicted octanol–water partition coefficient (Wildman–Crippen LogP) is 4.20. The summed E-state index contributed by atoms with van der Waals surface area (Å²) >= 11 is 1.40. The molecule has 3 rings (SSSR count). The molecule has 1 aromatic heterocycles. The first-order valence-electron chi connectivity index (χ1n) is 7.57. The fourth-order valence-corrected chi connectivity index (χ4v) is 3.79. The van der Waals surface area contributed by atoms with E-state index in [2.05, 4.69) is 24.9 Å². The van der Waals surface area contributed by atoms with Crippen LogP contribution in [0.4, 0.5) is 9.93 Å². The molecular formula is C17H17N3O2S. The number of nitrogens with zero attached hydrogens (tertiary/aromatic N) is 3. The van der Waals surface area contributed by atoms with Gasteiger partial charge in [0.1, 0.15) is 6.61 Å². The summed E-state index contributed by atoms with van der Waals surface area (Å²) in [5, 5.41) is 11.7. The number of thiazole rings is 1. The monoisotopic (exact) mass is 327 g/mol. The van der Waals surface area contributed by atoms with E-state index in [1.54, 1.807) is 11.0 Å². The lowest BCUT2D eigenvalue weighted by molar-refractivity contribution is 0.171. The minimum absolute atomic E-state index is 0.332. The number of amides is 1. The molecule has 6 heteroatoms. The van der Waals surface area contributed by atoms with Crippen LogP contribution in [0.25, 0.3) is 11.3 Å². The Hall–Kier alpha value is -2.39. The lowest BCUT2D eigenvalue weighted by Gasteiger charge is -2.31. The number of ether oxygens (including phenoxy) is 1. The van der Waals surface area contributed by atoms with E-state index in [0.29, 0.717) is 23.0 Å². The van der Waals surface area contributed by atoms with Gasteiger partial charge in [0.15, 0.2) is 5.13 Å². The smallest absolute Gasteiger partial charge is 0.416 e. The van der Waals surface area contributed by atoms with Crippen molar-refractivity contribution in [2.24, 2.45) is 0 Å². The van der Waals surface area contributed by atoms with Crippen LogP contribution in [0.15, 0.2) is 29.6 Å². The highest BCUT2D eigenvalue weighted by Crippen LogP contribution is 2.39. The van der Waals surface area contributed by atoms with Crippen molar-refractivity contribution >= 4 is 22.6 Å². The molecule has 23 heavy (non-hydrogen) atoms. The van der Waals surface area contributed by atoms with Crippen molar-refractivity contribution in [2.75, 3.05) is 11.5 Å². The molecule has 1 aromatic carbocycles. The Kier molecular flexibility index (Phi) is 4.05. The van der Waals surface area contributed by atoms with E-state index in [1.807, 2.05) is 23.6 Å². The van der Waals surface area contributed by atoms with Gasteiger partial charge in [0.25, 0.3) is 0 Å². The molecule has 0 unspecified atom stereocenters. The first-order chi connectivity index (χ1) is 11.1. The van der Waals surface area contributed by atoms with Gasteiger partial charge in [-0.15, -0.1) is 11.3 Å². The van der Waals surface area contributed by atoms with Gasteiger partial charge in [-0.25, -0.2) is 14.7 Å². The molecule has 1 aliphatic heterocycles. The molecule has 1 aliphatic rings. The second-order valence-electron chi connectivity index (χ2n) is 5.49. The van der Waals surface area contributed by atoms with E-state index in [0.717, 1.165) is 18.4 Å². The Morgan fingerprint density at radius 3 is 2.83 bits per heavy atom. The van der Waals surface area contributed by atoms with Crippen LogP contribution >= 0.6 is 11.3 Å². The van der Waals surface area contributed by atoms with Gasteiger partial charge < -0.3 is 4.74 Å². The van der Waals surface area contributed by atoms with Crippen molar-refractivity contribution in [3.05, 3.63) is 35.2 Å². The van der Waals surface area contributed by atoms with Crippen LogP contribution in [0.3, 0.4) is 0 Å². The summed E-state index contributed by atoms with van der Waals surface area (Å²) in [5.41, 5.74) is 1.73. The number of anilines is 1. The molecule has 0 N–H and O–H groups in total. The number of carbonyl (C=O) groups is 1. The lowest BCUT2D eigenvalue weighted by atomic mass is 9.93. The Morgan fingerprint density at radius 2 is 2.13 bits per heavy atom. The summed E-state index contributed by atoms with van der Waals surface area (Å²) in [5.74, 6) is 0. The number of nitriles is 1. The molecule has 2 aromatic rings. The number of aromatic nitrogens is 1. The van der Waals surface area contributed by atoms with Crippen molar-refractivity contribution in [3.8, 4) is 17.3 Å². The van der Waals surface area contributed by atoms with Crippen LogP contribution in [-0.2, 0) is 4.74 Å². The fourth-order valence-electron chi connectivity index (χ4n) is 2.86. The highest BCUT2D eigenvalue weighted by molar-refractivity contribution is 7.14. The minimum Gasteiger partial charge on any atom is -0.447 e. The summed E-state index contributed by atoms with van der Waals surface area (Å²) in [4.78, 5) is 18.5. The van der Waals surface area contributed by atoms with Gasteiger partial charge >= 0.3 is 6.09 Å². The summed E-state index contributed by atoms with van der Waals surface area (Å²) < 4.78 is 5.28. The average Bonchev–Trinajstić information content (AvgIpc) is 3.19. The molecule has 1 fully saturated rings.